The van der Waals surface area contributed by atoms with E-state index >= 15 is 0 Å². The second kappa shape index (κ2) is 4.33. The average molecular weight is 208 g/mol. The predicted molar refractivity (Wildman–Crippen MR) is 60.0 cm³/mol. The first kappa shape index (κ1) is 10.6. The molecule has 1 saturated carbocycles. The van der Waals surface area contributed by atoms with Crippen LogP contribution in [0.4, 0.5) is 0 Å². The van der Waals surface area contributed by atoms with Crippen LogP contribution in [0.15, 0.2) is 6.07 Å². The molecule has 1 aliphatic rings. The van der Waals surface area contributed by atoms with Gasteiger partial charge in [-0.25, -0.2) is 0 Å². The van der Waals surface area contributed by atoms with E-state index < -0.39 is 0 Å². The largest absolute Gasteiger partial charge is 0.271 e. The van der Waals surface area contributed by atoms with Crippen LogP contribution < -0.4 is 11.3 Å². The molecule has 0 saturated heterocycles. The lowest BCUT2D eigenvalue weighted by molar-refractivity contribution is 0.257. The monoisotopic (exact) mass is 208 g/mol. The Morgan fingerprint density at radius 1 is 1.67 bits per heavy atom. The summed E-state index contributed by atoms with van der Waals surface area (Å²) < 4.78 is 1.93. The molecule has 0 aliphatic heterocycles. The first-order chi connectivity index (χ1) is 7.20. The Labute approximate surface area is 90.8 Å². The lowest BCUT2D eigenvalue weighted by Crippen LogP contribution is -2.32. The molecular weight excluding hydrogens is 188 g/mol. The third-order valence-electron chi connectivity index (χ3n) is 3.39. The van der Waals surface area contributed by atoms with Crippen LogP contribution in [0.25, 0.3) is 0 Å². The molecule has 0 spiro atoms. The number of rotatable bonds is 4. The van der Waals surface area contributed by atoms with Crippen molar-refractivity contribution in [1.82, 2.24) is 15.2 Å². The zero-order valence-corrected chi connectivity index (χ0v) is 9.53. The number of nitrogens with two attached hydrogens (primary N) is 1. The molecule has 4 nitrogen and oxygen atoms in total. The minimum absolute atomic E-state index is 0.251. The highest BCUT2D eigenvalue weighted by Gasteiger charge is 2.24. The SMILES string of the molecule is Cc1cc(C(CC2CCC2)NN)n(C)n1. The van der Waals surface area contributed by atoms with E-state index in [4.69, 9.17) is 5.84 Å². The number of nitrogens with zero attached hydrogens (tertiary/aromatic N) is 2. The Kier molecular flexibility index (Phi) is 3.07. The maximum Gasteiger partial charge on any atom is 0.0631 e. The lowest BCUT2D eigenvalue weighted by atomic mass is 9.80. The normalized spacial score (nSPS) is 18.9. The van der Waals surface area contributed by atoms with Crippen molar-refractivity contribution < 1.29 is 0 Å². The van der Waals surface area contributed by atoms with E-state index in [-0.39, 0.29) is 6.04 Å². The summed E-state index contributed by atoms with van der Waals surface area (Å²) in [5.41, 5.74) is 5.16. The second-order valence-corrected chi connectivity index (χ2v) is 4.59. The third kappa shape index (κ3) is 2.21. The van der Waals surface area contributed by atoms with Crippen LogP contribution in [0.2, 0.25) is 0 Å². The summed E-state index contributed by atoms with van der Waals surface area (Å²) in [6, 6.07) is 2.37. The van der Waals surface area contributed by atoms with E-state index in [0.29, 0.717) is 0 Å². The summed E-state index contributed by atoms with van der Waals surface area (Å²) in [5, 5.41) is 4.35. The smallest absolute Gasteiger partial charge is 0.0631 e. The Morgan fingerprint density at radius 3 is 2.80 bits per heavy atom. The summed E-state index contributed by atoms with van der Waals surface area (Å²) in [4.78, 5) is 0. The van der Waals surface area contributed by atoms with E-state index in [2.05, 4.69) is 16.6 Å². The fourth-order valence-corrected chi connectivity index (χ4v) is 2.29. The highest BCUT2D eigenvalue weighted by Crippen LogP contribution is 2.34. The molecule has 84 valence electrons. The summed E-state index contributed by atoms with van der Waals surface area (Å²) in [6.07, 6.45) is 5.23. The molecule has 0 bridgehead atoms. The van der Waals surface area contributed by atoms with Gasteiger partial charge in [-0.2, -0.15) is 5.10 Å². The molecule has 0 radical (unpaired) electrons. The van der Waals surface area contributed by atoms with E-state index in [1.807, 2.05) is 18.7 Å². The minimum Gasteiger partial charge on any atom is -0.271 e. The zero-order valence-electron chi connectivity index (χ0n) is 9.53. The van der Waals surface area contributed by atoms with Gasteiger partial charge in [0.2, 0.25) is 0 Å². The first-order valence-corrected chi connectivity index (χ1v) is 5.67. The topological polar surface area (TPSA) is 55.9 Å². The minimum atomic E-state index is 0.251. The van der Waals surface area contributed by atoms with Crippen molar-refractivity contribution in [3.8, 4) is 0 Å². The fourth-order valence-electron chi connectivity index (χ4n) is 2.29. The van der Waals surface area contributed by atoms with Gasteiger partial charge in [0, 0.05) is 7.05 Å². The molecule has 1 aliphatic carbocycles. The molecule has 4 heteroatoms. The molecule has 2 rings (SSSR count). The van der Waals surface area contributed by atoms with Gasteiger partial charge >= 0.3 is 0 Å². The highest BCUT2D eigenvalue weighted by atomic mass is 15.3. The molecular formula is C11H20N4. The van der Waals surface area contributed by atoms with Crippen molar-refractivity contribution in [2.45, 2.75) is 38.6 Å². The van der Waals surface area contributed by atoms with Crippen LogP contribution in [0, 0.1) is 12.8 Å². The van der Waals surface area contributed by atoms with Crippen LogP contribution in [-0.4, -0.2) is 9.78 Å². The average Bonchev–Trinajstić information content (AvgIpc) is 2.44. The molecule has 0 aromatic carbocycles. The lowest BCUT2D eigenvalue weighted by Gasteiger charge is -2.29. The Hall–Kier alpha value is -0.870. The molecule has 1 unspecified atom stereocenters. The van der Waals surface area contributed by atoms with Gasteiger partial charge in [-0.3, -0.25) is 16.0 Å². The van der Waals surface area contributed by atoms with Crippen LogP contribution in [0.1, 0.15) is 43.1 Å². The molecule has 0 amide bonds. The number of hydrogen-bond donors (Lipinski definition) is 2. The van der Waals surface area contributed by atoms with Gasteiger partial charge in [0.1, 0.15) is 0 Å². The van der Waals surface area contributed by atoms with Gasteiger partial charge in [0.05, 0.1) is 17.4 Å². The number of hydrazine groups is 1. The van der Waals surface area contributed by atoms with Crippen LogP contribution in [0.5, 0.6) is 0 Å². The van der Waals surface area contributed by atoms with E-state index in [0.717, 1.165) is 18.0 Å². The maximum absolute atomic E-state index is 5.62. The van der Waals surface area contributed by atoms with Crippen LogP contribution in [0.3, 0.4) is 0 Å². The van der Waals surface area contributed by atoms with Gasteiger partial charge in [0.25, 0.3) is 0 Å². The number of aromatic nitrogens is 2. The maximum atomic E-state index is 5.62. The quantitative estimate of drug-likeness (QED) is 0.581. The highest BCUT2D eigenvalue weighted by molar-refractivity contribution is 5.13. The Balaban J connectivity index is 2.07. The predicted octanol–water partition coefficient (Wildman–Crippen LogP) is 1.42. The van der Waals surface area contributed by atoms with Crippen molar-refractivity contribution in [2.24, 2.45) is 18.8 Å². The van der Waals surface area contributed by atoms with E-state index in [9.17, 15) is 0 Å². The van der Waals surface area contributed by atoms with Crippen LogP contribution in [-0.2, 0) is 7.05 Å². The van der Waals surface area contributed by atoms with Crippen molar-refractivity contribution in [3.63, 3.8) is 0 Å². The molecule has 1 heterocycles. The van der Waals surface area contributed by atoms with Gasteiger partial charge in [-0.1, -0.05) is 19.3 Å². The molecule has 1 aromatic heterocycles. The van der Waals surface area contributed by atoms with Gasteiger partial charge in [-0.15, -0.1) is 0 Å². The second-order valence-electron chi connectivity index (χ2n) is 4.59. The van der Waals surface area contributed by atoms with Crippen LogP contribution >= 0.6 is 0 Å². The van der Waals surface area contributed by atoms with Gasteiger partial charge in [-0.05, 0) is 25.3 Å². The van der Waals surface area contributed by atoms with Crippen molar-refractivity contribution >= 4 is 0 Å². The first-order valence-electron chi connectivity index (χ1n) is 5.67. The summed E-state index contributed by atoms with van der Waals surface area (Å²) >= 11 is 0. The summed E-state index contributed by atoms with van der Waals surface area (Å²) in [7, 11) is 1.98. The number of aryl methyl sites for hydroxylation is 2. The molecule has 1 aromatic rings. The van der Waals surface area contributed by atoms with Crippen molar-refractivity contribution in [1.29, 1.82) is 0 Å². The van der Waals surface area contributed by atoms with Gasteiger partial charge < -0.3 is 0 Å². The van der Waals surface area contributed by atoms with Gasteiger partial charge in [0.15, 0.2) is 0 Å². The standard InChI is InChI=1S/C11H20N4/c1-8-6-11(15(2)14-8)10(13-12)7-9-4-3-5-9/h6,9-10,13H,3-5,7,12H2,1-2H3. The summed E-state index contributed by atoms with van der Waals surface area (Å²) in [5.74, 6) is 6.47. The number of hydrogen-bond acceptors (Lipinski definition) is 3. The zero-order chi connectivity index (χ0) is 10.8. The number of nitrogens with one attached hydrogen (secondary N) is 1. The molecule has 3 N–H and O–H groups in total. The Bertz CT molecular complexity index is 327. The van der Waals surface area contributed by atoms with E-state index in [1.165, 1.54) is 25.0 Å². The molecule has 1 fully saturated rings. The molecule has 1 atom stereocenters. The fraction of sp³-hybridized carbons (Fsp3) is 0.727. The van der Waals surface area contributed by atoms with E-state index in [1.54, 1.807) is 0 Å². The van der Waals surface area contributed by atoms with Crippen molar-refractivity contribution in [3.05, 3.63) is 17.5 Å². The summed E-state index contributed by atoms with van der Waals surface area (Å²) in [6.45, 7) is 2.01. The third-order valence-corrected chi connectivity index (χ3v) is 3.39. The molecule has 15 heavy (non-hydrogen) atoms. The van der Waals surface area contributed by atoms with Crippen molar-refractivity contribution in [2.75, 3.05) is 0 Å². The Morgan fingerprint density at radius 2 is 2.40 bits per heavy atom.